The number of oxazole rings is 1. The lowest BCUT2D eigenvalue weighted by Gasteiger charge is -2.28. The topological polar surface area (TPSA) is 212 Å². The second-order valence-electron chi connectivity index (χ2n) is 14.6. The van der Waals surface area contributed by atoms with Crippen LogP contribution in [0.25, 0.3) is 33.8 Å². The number of amides is 5. The van der Waals surface area contributed by atoms with E-state index in [2.05, 4.69) is 25.9 Å². The number of methoxy groups -OCH3 is 1. The Labute approximate surface area is 343 Å². The van der Waals surface area contributed by atoms with Gasteiger partial charge in [-0.1, -0.05) is 72.8 Å². The Bertz CT molecular complexity index is 2540. The number of alkyl carbamates (subject to hydrolysis) is 1. The minimum atomic E-state index is -1.34. The fraction of sp³-hybridized carbons (Fsp3) is 0.250. The van der Waals surface area contributed by atoms with E-state index in [0.717, 1.165) is 11.9 Å². The number of carbonyl (C=O) groups is 5. The first-order valence-corrected chi connectivity index (χ1v) is 19.6. The Kier molecular flexibility index (Phi) is 11.3. The second kappa shape index (κ2) is 17.2. The highest BCUT2D eigenvalue weighted by Crippen LogP contribution is 2.35. The summed E-state index contributed by atoms with van der Waals surface area (Å²) >= 11 is 0. The Hall–Kier alpha value is -7.49. The zero-order valence-electron chi connectivity index (χ0n) is 32.5. The van der Waals surface area contributed by atoms with E-state index in [1.54, 1.807) is 71.8 Å². The van der Waals surface area contributed by atoms with Crippen molar-refractivity contribution in [3.05, 3.63) is 126 Å². The van der Waals surface area contributed by atoms with Crippen LogP contribution in [0.1, 0.15) is 60.8 Å². The number of carboxylic acid groups (broad SMARTS) is 1. The lowest BCUT2D eigenvalue weighted by molar-refractivity contribution is -0.138. The first-order valence-electron chi connectivity index (χ1n) is 19.6. The zero-order valence-corrected chi connectivity index (χ0v) is 32.5. The van der Waals surface area contributed by atoms with Gasteiger partial charge in [-0.05, 0) is 67.1 Å². The van der Waals surface area contributed by atoms with Gasteiger partial charge in [0.25, 0.3) is 11.8 Å². The van der Waals surface area contributed by atoms with Gasteiger partial charge < -0.3 is 45.0 Å². The largest absolute Gasteiger partial charge is 0.465 e. The summed E-state index contributed by atoms with van der Waals surface area (Å²) in [5.74, 6) is 0.309. The van der Waals surface area contributed by atoms with Crippen molar-refractivity contribution in [1.29, 1.82) is 0 Å². The summed E-state index contributed by atoms with van der Waals surface area (Å²) in [4.78, 5) is 81.0. The molecule has 4 aromatic carbocycles. The standard InChI is InChI=1S/C44H42N8O8/c1-59-44(58)50-37(27-13-6-3-7-14-27)42(55)51-21-9-17-33(51)38-47-31-20-19-29(24-32(31)48-38)40-45-25-35(60-40)28-15-8-16-30(23-28)46-39(53)34-18-10-22-52(34)41(54)36(49-43(56)57)26-11-4-2-5-12-26/h2-8,11-16,19-20,23-25,33-34,36-37,49H,9-10,17-18,21-22H2,1H3,(H,46,53)(H,47,48)(H,50,58)(H,56,57)/t33-,34-,36+,37+/m0/s1. The summed E-state index contributed by atoms with van der Waals surface area (Å²) in [6.45, 7) is 0.820. The molecule has 0 aliphatic carbocycles. The Balaban J connectivity index is 0.959. The third-order valence-electron chi connectivity index (χ3n) is 10.8. The van der Waals surface area contributed by atoms with Crippen molar-refractivity contribution in [3.63, 3.8) is 0 Å². The highest BCUT2D eigenvalue weighted by Gasteiger charge is 2.39. The maximum Gasteiger partial charge on any atom is 0.407 e. The lowest BCUT2D eigenvalue weighted by Crippen LogP contribution is -2.48. The van der Waals surface area contributed by atoms with E-state index in [1.807, 2.05) is 42.5 Å². The Morgan fingerprint density at radius 1 is 0.800 bits per heavy atom. The number of benzene rings is 4. The van der Waals surface area contributed by atoms with E-state index in [1.165, 1.54) is 12.0 Å². The van der Waals surface area contributed by atoms with Crippen molar-refractivity contribution in [2.75, 3.05) is 25.5 Å². The summed E-state index contributed by atoms with van der Waals surface area (Å²) in [5.41, 5.74) is 4.39. The first-order chi connectivity index (χ1) is 29.2. The quantitative estimate of drug-likeness (QED) is 0.0948. The van der Waals surface area contributed by atoms with E-state index in [0.29, 0.717) is 83.3 Å². The SMILES string of the molecule is COC(=O)N[C@@H](C(=O)N1CCC[C@H]1c1nc2ccc(-c3ncc(-c4cccc(NC(=O)[C@@H]5CCCN5C(=O)[C@H](NC(=O)O)c5ccccc5)c4)o3)cc2[nH]1)c1ccccc1. The number of imidazole rings is 1. The van der Waals surface area contributed by atoms with E-state index in [4.69, 9.17) is 14.1 Å². The molecule has 2 aliphatic rings. The van der Waals surface area contributed by atoms with E-state index in [9.17, 15) is 29.1 Å². The molecule has 4 heterocycles. The molecule has 6 aromatic rings. The predicted molar refractivity (Wildman–Crippen MR) is 219 cm³/mol. The summed E-state index contributed by atoms with van der Waals surface area (Å²) in [5, 5.41) is 17.4. The van der Waals surface area contributed by atoms with Crippen LogP contribution < -0.4 is 16.0 Å². The minimum Gasteiger partial charge on any atom is -0.465 e. The van der Waals surface area contributed by atoms with Gasteiger partial charge in [-0.2, -0.15) is 0 Å². The molecular weight excluding hydrogens is 769 g/mol. The molecule has 0 bridgehead atoms. The number of H-pyrrole nitrogens is 1. The highest BCUT2D eigenvalue weighted by molar-refractivity contribution is 5.99. The number of ether oxygens (including phenoxy) is 1. The third kappa shape index (κ3) is 8.25. The zero-order chi connectivity index (χ0) is 41.8. The number of hydrogen-bond donors (Lipinski definition) is 5. The van der Waals surface area contributed by atoms with Crippen LogP contribution in [0.15, 0.2) is 114 Å². The summed E-state index contributed by atoms with van der Waals surface area (Å²) < 4.78 is 11.0. The number of rotatable bonds is 11. The number of carbonyl (C=O) groups excluding carboxylic acids is 4. The summed E-state index contributed by atoms with van der Waals surface area (Å²) in [6, 6.07) is 27.1. The van der Waals surface area contributed by atoms with Crippen LogP contribution >= 0.6 is 0 Å². The molecule has 2 aliphatic heterocycles. The number of fused-ring (bicyclic) bond motifs is 1. The molecule has 2 fully saturated rings. The van der Waals surface area contributed by atoms with Crippen molar-refractivity contribution < 1.29 is 38.2 Å². The van der Waals surface area contributed by atoms with Crippen molar-refractivity contribution >= 4 is 46.6 Å². The third-order valence-corrected chi connectivity index (χ3v) is 10.8. The highest BCUT2D eigenvalue weighted by atomic mass is 16.5. The summed E-state index contributed by atoms with van der Waals surface area (Å²) in [7, 11) is 1.26. The van der Waals surface area contributed by atoms with Gasteiger partial charge in [0, 0.05) is 29.9 Å². The molecule has 2 saturated heterocycles. The summed E-state index contributed by atoms with van der Waals surface area (Å²) in [6.07, 6.45) is 2.04. The van der Waals surface area contributed by atoms with Crippen molar-refractivity contribution in [2.24, 2.45) is 0 Å². The van der Waals surface area contributed by atoms with Gasteiger partial charge in [-0.25, -0.2) is 19.6 Å². The maximum atomic E-state index is 14.0. The molecule has 16 heteroatoms. The lowest BCUT2D eigenvalue weighted by atomic mass is 10.0. The van der Waals surface area contributed by atoms with E-state index in [-0.39, 0.29) is 17.9 Å². The van der Waals surface area contributed by atoms with Crippen LogP contribution in [0, 0.1) is 0 Å². The van der Waals surface area contributed by atoms with Crippen molar-refractivity contribution in [2.45, 2.75) is 49.9 Å². The molecule has 16 nitrogen and oxygen atoms in total. The van der Waals surface area contributed by atoms with Crippen LogP contribution in [0.5, 0.6) is 0 Å². The Morgan fingerprint density at radius 2 is 1.48 bits per heavy atom. The fourth-order valence-corrected chi connectivity index (χ4v) is 7.95. The molecule has 2 aromatic heterocycles. The second-order valence-corrected chi connectivity index (χ2v) is 14.6. The molecule has 0 saturated carbocycles. The molecular formula is C44H42N8O8. The number of aromatic amines is 1. The molecule has 4 atom stereocenters. The van der Waals surface area contributed by atoms with E-state index < -0.39 is 36.2 Å². The van der Waals surface area contributed by atoms with Gasteiger partial charge in [0.15, 0.2) is 5.76 Å². The average Bonchev–Trinajstić information content (AvgIpc) is 4.11. The molecule has 8 rings (SSSR count). The predicted octanol–water partition coefficient (Wildman–Crippen LogP) is 6.58. The fourth-order valence-electron chi connectivity index (χ4n) is 7.95. The van der Waals surface area contributed by atoms with Crippen molar-refractivity contribution in [1.82, 2.24) is 35.4 Å². The molecule has 5 N–H and O–H groups in total. The van der Waals surface area contributed by atoms with Crippen molar-refractivity contribution in [3.8, 4) is 22.8 Å². The maximum absolute atomic E-state index is 14.0. The van der Waals surface area contributed by atoms with Crippen LogP contribution in [-0.2, 0) is 19.1 Å². The Morgan fingerprint density at radius 3 is 2.20 bits per heavy atom. The van der Waals surface area contributed by atoms with Gasteiger partial charge in [0.05, 0.1) is 30.4 Å². The van der Waals surface area contributed by atoms with Gasteiger partial charge in [-0.15, -0.1) is 0 Å². The number of nitrogens with one attached hydrogen (secondary N) is 4. The van der Waals surface area contributed by atoms with Gasteiger partial charge >= 0.3 is 12.2 Å². The van der Waals surface area contributed by atoms with Crippen LogP contribution in [0.3, 0.4) is 0 Å². The number of likely N-dealkylation sites (tertiary alicyclic amines) is 2. The van der Waals surface area contributed by atoms with Crippen LogP contribution in [0.4, 0.5) is 15.3 Å². The average molecular weight is 811 g/mol. The normalized spacial score (nSPS) is 17.2. The van der Waals surface area contributed by atoms with Gasteiger partial charge in [0.2, 0.25) is 11.8 Å². The van der Waals surface area contributed by atoms with Crippen LogP contribution in [-0.4, -0.2) is 86.0 Å². The monoisotopic (exact) mass is 810 g/mol. The van der Waals surface area contributed by atoms with Gasteiger partial charge in [0.1, 0.15) is 23.9 Å². The molecule has 0 radical (unpaired) electrons. The number of anilines is 1. The molecule has 0 spiro atoms. The molecule has 60 heavy (non-hydrogen) atoms. The van der Waals surface area contributed by atoms with E-state index >= 15 is 0 Å². The first kappa shape index (κ1) is 39.3. The number of hydrogen-bond acceptors (Lipinski definition) is 9. The van der Waals surface area contributed by atoms with Gasteiger partial charge in [-0.3, -0.25) is 14.4 Å². The smallest absolute Gasteiger partial charge is 0.407 e. The minimum absolute atomic E-state index is 0.260. The molecule has 306 valence electrons. The molecule has 0 unspecified atom stereocenters. The van der Waals surface area contributed by atoms with Crippen LogP contribution in [0.2, 0.25) is 0 Å². The number of aromatic nitrogens is 3. The molecule has 5 amide bonds. The number of nitrogens with zero attached hydrogens (tertiary/aromatic N) is 4.